The summed E-state index contributed by atoms with van der Waals surface area (Å²) in [4.78, 5) is 19.2. The number of amides is 1. The van der Waals surface area contributed by atoms with Gasteiger partial charge in [-0.05, 0) is 44.0 Å². The Bertz CT molecular complexity index is 1500. The second kappa shape index (κ2) is 9.79. The smallest absolute Gasteiger partial charge is 0.407 e. The molecule has 1 amide bonds. The SMILES string of the molecule is Cc1sc2c(c1C)C(c1ccc(Cl)cc1)=NC(C=[N+](C)C(=O)OCc1ccccc1)c1nnc(C)n1-2. The molecule has 182 valence electrons. The van der Waals surface area contributed by atoms with Gasteiger partial charge in [0.2, 0.25) is 0 Å². The number of thiophene rings is 1. The zero-order valence-electron chi connectivity index (χ0n) is 20.4. The van der Waals surface area contributed by atoms with Crippen molar-refractivity contribution in [2.75, 3.05) is 7.05 Å². The van der Waals surface area contributed by atoms with Crippen molar-refractivity contribution < 1.29 is 14.1 Å². The summed E-state index contributed by atoms with van der Waals surface area (Å²) in [7, 11) is 1.66. The van der Waals surface area contributed by atoms with Crippen LogP contribution in [-0.2, 0) is 11.3 Å². The Morgan fingerprint density at radius 3 is 2.56 bits per heavy atom. The van der Waals surface area contributed by atoms with Crippen molar-refractivity contribution in [1.29, 1.82) is 0 Å². The van der Waals surface area contributed by atoms with Crippen LogP contribution in [0.3, 0.4) is 0 Å². The van der Waals surface area contributed by atoms with Crippen LogP contribution in [-0.4, -0.2) is 44.4 Å². The normalized spacial score (nSPS) is 15.1. The third-order valence-corrected chi connectivity index (χ3v) is 7.61. The van der Waals surface area contributed by atoms with Gasteiger partial charge >= 0.3 is 6.09 Å². The topological polar surface area (TPSA) is 72.4 Å². The van der Waals surface area contributed by atoms with E-state index >= 15 is 0 Å². The first kappa shape index (κ1) is 24.1. The maximum Gasteiger partial charge on any atom is 0.596 e. The van der Waals surface area contributed by atoms with Gasteiger partial charge in [0.1, 0.15) is 24.5 Å². The predicted molar refractivity (Wildman–Crippen MR) is 142 cm³/mol. The maximum absolute atomic E-state index is 12.8. The summed E-state index contributed by atoms with van der Waals surface area (Å²) in [5.41, 5.74) is 4.86. The van der Waals surface area contributed by atoms with E-state index in [1.165, 1.54) is 9.45 Å². The number of carbonyl (C=O) groups excluding carboxylic acids is 1. The number of aliphatic imine (C=N–C) groups is 1. The average molecular weight is 519 g/mol. The minimum Gasteiger partial charge on any atom is -0.407 e. The number of aromatic nitrogens is 3. The fraction of sp³-hybridized carbons (Fsp3) is 0.222. The lowest BCUT2D eigenvalue weighted by atomic mass is 10.00. The first-order valence-corrected chi connectivity index (χ1v) is 12.7. The highest BCUT2D eigenvalue weighted by Gasteiger charge is 2.33. The highest BCUT2D eigenvalue weighted by atomic mass is 35.5. The molecule has 1 aliphatic heterocycles. The Balaban J connectivity index is 1.59. The van der Waals surface area contributed by atoms with E-state index in [1.807, 2.05) is 66.1 Å². The van der Waals surface area contributed by atoms with E-state index in [4.69, 9.17) is 21.3 Å². The molecule has 0 spiro atoms. The van der Waals surface area contributed by atoms with Gasteiger partial charge in [0.25, 0.3) is 0 Å². The minimum absolute atomic E-state index is 0.187. The molecule has 7 nitrogen and oxygen atoms in total. The van der Waals surface area contributed by atoms with E-state index in [0.717, 1.165) is 38.8 Å². The Morgan fingerprint density at radius 2 is 1.83 bits per heavy atom. The van der Waals surface area contributed by atoms with Gasteiger partial charge in [-0.25, -0.2) is 0 Å². The molecule has 1 unspecified atom stereocenters. The Labute approximate surface area is 218 Å². The third kappa shape index (κ3) is 4.50. The van der Waals surface area contributed by atoms with Crippen molar-refractivity contribution in [3.8, 4) is 5.00 Å². The molecule has 0 radical (unpaired) electrons. The second-order valence-electron chi connectivity index (χ2n) is 8.63. The van der Waals surface area contributed by atoms with E-state index in [1.54, 1.807) is 24.6 Å². The van der Waals surface area contributed by atoms with Crippen LogP contribution in [0.25, 0.3) is 5.00 Å². The molecule has 0 aliphatic carbocycles. The summed E-state index contributed by atoms with van der Waals surface area (Å²) in [6.07, 6.45) is 1.25. The van der Waals surface area contributed by atoms with Crippen LogP contribution in [0.1, 0.15) is 44.8 Å². The summed E-state index contributed by atoms with van der Waals surface area (Å²) in [6.45, 7) is 6.32. The monoisotopic (exact) mass is 518 g/mol. The first-order valence-electron chi connectivity index (χ1n) is 11.5. The highest BCUT2D eigenvalue weighted by molar-refractivity contribution is 7.15. The Hall–Kier alpha value is -3.62. The average Bonchev–Trinajstić information content (AvgIpc) is 3.35. The Morgan fingerprint density at radius 1 is 1.11 bits per heavy atom. The fourth-order valence-electron chi connectivity index (χ4n) is 4.15. The molecule has 5 rings (SSSR count). The number of nitrogens with zero attached hydrogens (tertiary/aromatic N) is 5. The van der Waals surface area contributed by atoms with E-state index in [2.05, 4.69) is 24.0 Å². The van der Waals surface area contributed by atoms with Crippen LogP contribution in [0, 0.1) is 20.8 Å². The van der Waals surface area contributed by atoms with E-state index < -0.39 is 12.1 Å². The van der Waals surface area contributed by atoms with E-state index in [-0.39, 0.29) is 6.61 Å². The molecule has 0 saturated heterocycles. The molecule has 36 heavy (non-hydrogen) atoms. The van der Waals surface area contributed by atoms with Gasteiger partial charge in [0.15, 0.2) is 18.1 Å². The number of hydrogen-bond acceptors (Lipinski definition) is 6. The maximum atomic E-state index is 12.8. The second-order valence-corrected chi connectivity index (χ2v) is 10.3. The Kier molecular flexibility index (Phi) is 6.55. The van der Waals surface area contributed by atoms with Gasteiger partial charge in [-0.1, -0.05) is 54.1 Å². The molecule has 0 saturated carbocycles. The lowest BCUT2D eigenvalue weighted by Crippen LogP contribution is -2.22. The molecule has 9 heteroatoms. The summed E-state index contributed by atoms with van der Waals surface area (Å²) >= 11 is 7.86. The first-order chi connectivity index (χ1) is 17.3. The lowest BCUT2D eigenvalue weighted by molar-refractivity contribution is -0.412. The number of carbonyl (C=O) groups is 1. The van der Waals surface area contributed by atoms with Crippen molar-refractivity contribution in [2.24, 2.45) is 4.99 Å². The van der Waals surface area contributed by atoms with Crippen molar-refractivity contribution in [2.45, 2.75) is 33.4 Å². The molecule has 3 heterocycles. The van der Waals surface area contributed by atoms with Crippen LogP contribution >= 0.6 is 22.9 Å². The van der Waals surface area contributed by atoms with E-state index in [0.29, 0.717) is 10.8 Å². The largest absolute Gasteiger partial charge is 0.596 e. The minimum atomic E-state index is -0.564. The molecule has 0 fully saturated rings. The van der Waals surface area contributed by atoms with Gasteiger partial charge in [-0.3, -0.25) is 9.56 Å². The van der Waals surface area contributed by atoms with Crippen LogP contribution in [0.15, 0.2) is 59.6 Å². The molecule has 1 atom stereocenters. The quantitative estimate of drug-likeness (QED) is 0.251. The zero-order chi connectivity index (χ0) is 25.4. The van der Waals surface area contributed by atoms with Gasteiger partial charge in [0.05, 0.1) is 5.71 Å². The molecular formula is C27H25ClN5O2S+. The predicted octanol–water partition coefficient (Wildman–Crippen LogP) is 5.85. The number of benzene rings is 2. The number of fused-ring (bicyclic) bond motifs is 3. The molecule has 1 aliphatic rings. The third-order valence-electron chi connectivity index (χ3n) is 6.16. The van der Waals surface area contributed by atoms with Gasteiger partial charge in [-0.2, -0.15) is 4.79 Å². The number of aryl methyl sites for hydroxylation is 2. The van der Waals surface area contributed by atoms with Crippen LogP contribution in [0.4, 0.5) is 4.79 Å². The van der Waals surface area contributed by atoms with Crippen molar-refractivity contribution in [1.82, 2.24) is 14.8 Å². The van der Waals surface area contributed by atoms with Crippen molar-refractivity contribution in [3.63, 3.8) is 0 Å². The molecular weight excluding hydrogens is 494 g/mol. The zero-order valence-corrected chi connectivity index (χ0v) is 22.0. The molecule has 2 aromatic heterocycles. The number of ether oxygens (including phenoxy) is 1. The summed E-state index contributed by atoms with van der Waals surface area (Å²) in [6, 6.07) is 16.7. The number of halogens is 1. The summed E-state index contributed by atoms with van der Waals surface area (Å²) in [5.74, 6) is 1.40. The van der Waals surface area contributed by atoms with Crippen LogP contribution < -0.4 is 0 Å². The standard InChI is InChI=1S/C27H25ClN5O2S/c1-16-17(2)36-26-23(16)24(20-10-12-21(28)13-11-20)29-22(25-31-30-18(3)33(25)26)14-32(4)27(34)35-15-19-8-6-5-7-9-19/h5-14,22H,15H2,1-4H3/q+1. The molecule has 0 N–H and O–H groups in total. The van der Waals surface area contributed by atoms with Gasteiger partial charge in [0, 0.05) is 21.0 Å². The van der Waals surface area contributed by atoms with Crippen LogP contribution in [0.5, 0.6) is 0 Å². The lowest BCUT2D eigenvalue weighted by Gasteiger charge is -2.09. The molecule has 2 aromatic carbocycles. The summed E-state index contributed by atoms with van der Waals surface area (Å²) in [5, 5.41) is 10.5. The van der Waals surface area contributed by atoms with E-state index in [9.17, 15) is 4.79 Å². The van der Waals surface area contributed by atoms with Crippen LogP contribution in [0.2, 0.25) is 5.02 Å². The van der Waals surface area contributed by atoms with Crippen molar-refractivity contribution in [3.05, 3.63) is 98.4 Å². The summed E-state index contributed by atoms with van der Waals surface area (Å²) < 4.78 is 8.97. The number of rotatable bonds is 4. The molecule has 0 bridgehead atoms. The van der Waals surface area contributed by atoms with Crippen molar-refractivity contribution >= 4 is 41.0 Å². The molecule has 4 aromatic rings. The van der Waals surface area contributed by atoms with Gasteiger partial charge in [-0.15, -0.1) is 26.1 Å². The number of hydrogen-bond donors (Lipinski definition) is 0. The van der Waals surface area contributed by atoms with Gasteiger partial charge < -0.3 is 4.74 Å². The highest BCUT2D eigenvalue weighted by Crippen LogP contribution is 2.38. The fourth-order valence-corrected chi connectivity index (χ4v) is 5.49.